The summed E-state index contributed by atoms with van der Waals surface area (Å²) in [6.45, 7) is 0.335. The second-order valence-corrected chi connectivity index (χ2v) is 8.26. The van der Waals surface area contributed by atoms with Crippen molar-refractivity contribution in [1.82, 2.24) is 9.79 Å². The Morgan fingerprint density at radius 3 is 2.50 bits per heavy atom. The molecule has 1 aromatic heterocycles. The van der Waals surface area contributed by atoms with Gasteiger partial charge in [0.1, 0.15) is 0 Å². The zero-order chi connectivity index (χ0) is 17.4. The highest BCUT2D eigenvalue weighted by Gasteiger charge is 2.23. The number of hydrogen-bond donors (Lipinski definition) is 2. The predicted molar refractivity (Wildman–Crippen MR) is 93.2 cm³/mol. The minimum absolute atomic E-state index is 0.0347. The molecule has 2 aromatic rings. The van der Waals surface area contributed by atoms with Gasteiger partial charge in [0.15, 0.2) is 0 Å². The van der Waals surface area contributed by atoms with Crippen molar-refractivity contribution in [3.8, 4) is 0 Å². The average molecular weight is 368 g/mol. The van der Waals surface area contributed by atoms with E-state index in [1.165, 1.54) is 9.79 Å². The normalized spacial score (nSPS) is 11.6. The van der Waals surface area contributed by atoms with E-state index < -0.39 is 15.9 Å². The van der Waals surface area contributed by atoms with Crippen LogP contribution in [0.1, 0.15) is 16.9 Å². The zero-order valence-corrected chi connectivity index (χ0v) is 14.7. The molecule has 130 valence electrons. The van der Waals surface area contributed by atoms with Crippen molar-refractivity contribution < 1.29 is 18.4 Å². The molecule has 2 N–H and O–H groups in total. The van der Waals surface area contributed by atoms with E-state index in [9.17, 15) is 13.2 Å². The van der Waals surface area contributed by atoms with Crippen molar-refractivity contribution in [3.63, 3.8) is 0 Å². The smallest absolute Gasteiger partial charge is 0.244 e. The maximum absolute atomic E-state index is 12.7. The highest BCUT2D eigenvalue weighted by molar-refractivity contribution is 7.88. The first kappa shape index (κ1) is 18.6. The topological polar surface area (TPSA) is 86.7 Å². The molecule has 0 aliphatic rings. The fourth-order valence-electron chi connectivity index (χ4n) is 2.24. The third-order valence-corrected chi connectivity index (χ3v) is 6.27. The lowest BCUT2D eigenvalue weighted by molar-refractivity contribution is -0.129. The molecule has 2 rings (SSSR count). The van der Waals surface area contributed by atoms with Crippen LogP contribution in [0.4, 0.5) is 0 Å². The van der Waals surface area contributed by atoms with Crippen molar-refractivity contribution in [1.29, 1.82) is 0 Å². The van der Waals surface area contributed by atoms with Crippen LogP contribution in [-0.2, 0) is 27.0 Å². The van der Waals surface area contributed by atoms with Gasteiger partial charge in [-0.1, -0.05) is 36.4 Å². The van der Waals surface area contributed by atoms with Crippen LogP contribution in [-0.4, -0.2) is 36.9 Å². The third kappa shape index (κ3) is 5.72. The Balaban J connectivity index is 2.08. The predicted octanol–water partition coefficient (Wildman–Crippen LogP) is 2.02. The van der Waals surface area contributed by atoms with Gasteiger partial charge >= 0.3 is 0 Å². The van der Waals surface area contributed by atoms with Crippen LogP contribution in [0.25, 0.3) is 0 Å². The van der Waals surface area contributed by atoms with Gasteiger partial charge in [0.2, 0.25) is 15.9 Å². The minimum atomic E-state index is -3.56. The molecule has 0 aliphatic heterocycles. The Morgan fingerprint density at radius 1 is 1.12 bits per heavy atom. The molecule has 0 bridgehead atoms. The Labute approximate surface area is 145 Å². The van der Waals surface area contributed by atoms with Gasteiger partial charge in [0.05, 0.1) is 5.75 Å². The summed E-state index contributed by atoms with van der Waals surface area (Å²) >= 11 is 1.57. The fourth-order valence-corrected chi connectivity index (χ4v) is 4.47. The minimum Gasteiger partial charge on any atom is -0.289 e. The van der Waals surface area contributed by atoms with Gasteiger partial charge in [-0.05, 0) is 23.4 Å². The molecule has 1 amide bonds. The van der Waals surface area contributed by atoms with Crippen LogP contribution in [0.2, 0.25) is 0 Å². The number of hydrogen-bond acceptors (Lipinski definition) is 5. The molecule has 0 radical (unpaired) electrons. The van der Waals surface area contributed by atoms with Crippen LogP contribution < -0.4 is 5.48 Å². The van der Waals surface area contributed by atoms with E-state index in [0.29, 0.717) is 18.5 Å². The first-order valence-electron chi connectivity index (χ1n) is 7.48. The van der Waals surface area contributed by atoms with Gasteiger partial charge in [-0.25, -0.2) is 18.2 Å². The molecule has 1 heterocycles. The van der Waals surface area contributed by atoms with E-state index in [2.05, 4.69) is 0 Å². The number of nitrogens with zero attached hydrogens (tertiary/aromatic N) is 1. The van der Waals surface area contributed by atoms with Crippen molar-refractivity contribution in [3.05, 3.63) is 58.3 Å². The summed E-state index contributed by atoms with van der Waals surface area (Å²) in [5.41, 5.74) is 2.23. The molecule has 0 atom stereocenters. The molecule has 6 nitrogen and oxygen atoms in total. The zero-order valence-electron chi connectivity index (χ0n) is 13.1. The van der Waals surface area contributed by atoms with Crippen LogP contribution in [0, 0.1) is 0 Å². The van der Waals surface area contributed by atoms with E-state index in [1.54, 1.807) is 35.6 Å². The monoisotopic (exact) mass is 368 g/mol. The molecule has 8 heteroatoms. The Bertz CT molecular complexity index is 731. The fraction of sp³-hybridized carbons (Fsp3) is 0.312. The van der Waals surface area contributed by atoms with Crippen LogP contribution in [0.5, 0.6) is 0 Å². The second-order valence-electron chi connectivity index (χ2n) is 5.26. The third-order valence-electron chi connectivity index (χ3n) is 3.49. The van der Waals surface area contributed by atoms with Gasteiger partial charge in [-0.2, -0.15) is 0 Å². The van der Waals surface area contributed by atoms with Gasteiger partial charge in [-0.15, -0.1) is 11.3 Å². The summed E-state index contributed by atoms with van der Waals surface area (Å²) in [5, 5.41) is 10.5. The van der Waals surface area contributed by atoms with Gasteiger partial charge in [-0.3, -0.25) is 10.0 Å². The lowest BCUT2D eigenvalue weighted by atomic mass is 10.2. The molecule has 0 spiro atoms. The number of amides is 1. The van der Waals surface area contributed by atoms with Crippen molar-refractivity contribution in [2.45, 2.75) is 18.6 Å². The summed E-state index contributed by atoms with van der Waals surface area (Å²) in [6, 6.07) is 12.8. The number of nitrogens with one attached hydrogen (secondary N) is 1. The molecule has 0 fully saturated rings. The maximum Gasteiger partial charge on any atom is 0.244 e. The van der Waals surface area contributed by atoms with E-state index in [-0.39, 0.29) is 18.7 Å². The van der Waals surface area contributed by atoms with Crippen molar-refractivity contribution in [2.75, 3.05) is 13.1 Å². The first-order valence-corrected chi connectivity index (χ1v) is 9.97. The highest BCUT2D eigenvalue weighted by Crippen LogP contribution is 2.15. The van der Waals surface area contributed by atoms with Gasteiger partial charge in [0.25, 0.3) is 0 Å². The second kappa shape index (κ2) is 8.93. The number of benzene rings is 1. The Hall–Kier alpha value is -1.74. The van der Waals surface area contributed by atoms with Crippen molar-refractivity contribution in [2.24, 2.45) is 0 Å². The van der Waals surface area contributed by atoms with Crippen molar-refractivity contribution >= 4 is 27.3 Å². The number of carbonyl (C=O) groups excluding carboxylic acids is 1. The average Bonchev–Trinajstić information content (AvgIpc) is 3.08. The molecule has 1 aromatic carbocycles. The summed E-state index contributed by atoms with van der Waals surface area (Å²) in [4.78, 5) is 12.3. The highest BCUT2D eigenvalue weighted by atomic mass is 32.2. The summed E-state index contributed by atoms with van der Waals surface area (Å²) in [7, 11) is -3.56. The molecule has 0 saturated carbocycles. The quantitative estimate of drug-likeness (QED) is 0.524. The van der Waals surface area contributed by atoms with Gasteiger partial charge in [0, 0.05) is 24.4 Å². The van der Waals surface area contributed by atoms with E-state index in [4.69, 9.17) is 5.21 Å². The van der Waals surface area contributed by atoms with E-state index in [0.717, 1.165) is 4.88 Å². The van der Waals surface area contributed by atoms with Crippen LogP contribution in [0.3, 0.4) is 0 Å². The number of hydroxylamine groups is 1. The SMILES string of the molecule is O=C(CCN(CCc1cccs1)S(=O)(=O)Cc1ccccc1)NO. The Kier molecular flexibility index (Phi) is 6.92. The molecule has 0 saturated heterocycles. The maximum atomic E-state index is 12.7. The Morgan fingerprint density at radius 2 is 1.88 bits per heavy atom. The standard InChI is InChI=1S/C16H20N2O4S2/c19-16(17-20)9-11-18(10-8-15-7-4-12-23-15)24(21,22)13-14-5-2-1-3-6-14/h1-7,12,20H,8-11,13H2,(H,17,19). The number of thiophene rings is 1. The summed E-state index contributed by atoms with van der Waals surface area (Å²) in [5.74, 6) is -0.718. The molecule has 0 unspecified atom stereocenters. The van der Waals surface area contributed by atoms with E-state index >= 15 is 0 Å². The number of sulfonamides is 1. The van der Waals surface area contributed by atoms with Crippen LogP contribution in [0.15, 0.2) is 47.8 Å². The van der Waals surface area contributed by atoms with Gasteiger partial charge < -0.3 is 0 Å². The lowest BCUT2D eigenvalue weighted by Gasteiger charge is -2.21. The molecule has 0 aliphatic carbocycles. The van der Waals surface area contributed by atoms with Crippen LogP contribution >= 0.6 is 11.3 Å². The van der Waals surface area contributed by atoms with E-state index in [1.807, 2.05) is 23.6 Å². The summed E-state index contributed by atoms with van der Waals surface area (Å²) < 4.78 is 26.7. The molecular weight excluding hydrogens is 348 g/mol. The summed E-state index contributed by atoms with van der Waals surface area (Å²) in [6.07, 6.45) is 0.501. The largest absolute Gasteiger partial charge is 0.289 e. The first-order chi connectivity index (χ1) is 11.5. The molecular formula is C16H20N2O4S2. The lowest BCUT2D eigenvalue weighted by Crippen LogP contribution is -2.36. The number of carbonyl (C=O) groups is 1. The molecule has 24 heavy (non-hydrogen) atoms. The number of rotatable bonds is 9.